The van der Waals surface area contributed by atoms with Gasteiger partial charge in [-0.25, -0.2) is 4.98 Å². The number of anilines is 1. The third kappa shape index (κ3) is 2.15. The Morgan fingerprint density at radius 1 is 1.10 bits per heavy atom. The Labute approximate surface area is 123 Å². The van der Waals surface area contributed by atoms with Gasteiger partial charge >= 0.3 is 0 Å². The molecule has 0 atom stereocenters. The van der Waals surface area contributed by atoms with Crippen molar-refractivity contribution in [1.82, 2.24) is 19.4 Å². The van der Waals surface area contributed by atoms with Crippen molar-refractivity contribution in [2.45, 2.75) is 19.6 Å². The molecule has 2 N–H and O–H groups in total. The van der Waals surface area contributed by atoms with E-state index < -0.39 is 0 Å². The first-order chi connectivity index (χ1) is 10.3. The van der Waals surface area contributed by atoms with Crippen LogP contribution in [-0.2, 0) is 19.6 Å². The number of rotatable bonds is 2. The van der Waals surface area contributed by atoms with Gasteiger partial charge in [-0.05, 0) is 23.8 Å². The Balaban J connectivity index is 1.65. The van der Waals surface area contributed by atoms with Crippen LogP contribution >= 0.6 is 0 Å². The molecular formula is C16H17N5. The van der Waals surface area contributed by atoms with Gasteiger partial charge in [0.1, 0.15) is 5.82 Å². The first-order valence-electron chi connectivity index (χ1n) is 7.16. The van der Waals surface area contributed by atoms with E-state index in [1.807, 2.05) is 36.8 Å². The summed E-state index contributed by atoms with van der Waals surface area (Å²) >= 11 is 0. The molecule has 0 bridgehead atoms. The second kappa shape index (κ2) is 4.86. The van der Waals surface area contributed by atoms with Crippen LogP contribution in [0.15, 0.2) is 42.9 Å². The molecule has 3 heterocycles. The smallest absolute Gasteiger partial charge is 0.122 e. The Morgan fingerprint density at radius 2 is 2.05 bits per heavy atom. The van der Waals surface area contributed by atoms with Crippen molar-refractivity contribution in [3.63, 3.8) is 0 Å². The topological polar surface area (TPSA) is 60.0 Å². The largest absolute Gasteiger partial charge is 0.398 e. The summed E-state index contributed by atoms with van der Waals surface area (Å²) in [5, 5.41) is 1.04. The van der Waals surface area contributed by atoms with Gasteiger partial charge in [0.2, 0.25) is 0 Å². The maximum Gasteiger partial charge on any atom is 0.122 e. The van der Waals surface area contributed by atoms with Crippen molar-refractivity contribution in [2.75, 3.05) is 12.3 Å². The van der Waals surface area contributed by atoms with Crippen molar-refractivity contribution in [2.24, 2.45) is 0 Å². The fourth-order valence-electron chi connectivity index (χ4n) is 2.98. The summed E-state index contributed by atoms with van der Waals surface area (Å²) in [5.74, 6) is 1.13. The zero-order chi connectivity index (χ0) is 14.2. The average molecular weight is 279 g/mol. The number of hydrogen-bond donors (Lipinski definition) is 1. The lowest BCUT2D eigenvalue weighted by Gasteiger charge is -2.27. The lowest BCUT2D eigenvalue weighted by Crippen LogP contribution is -2.33. The van der Waals surface area contributed by atoms with Crippen LogP contribution in [0.2, 0.25) is 0 Å². The van der Waals surface area contributed by atoms with Gasteiger partial charge in [-0.1, -0.05) is 6.07 Å². The van der Waals surface area contributed by atoms with Crippen LogP contribution in [0.5, 0.6) is 0 Å². The number of pyridine rings is 1. The van der Waals surface area contributed by atoms with Crippen LogP contribution in [0, 0.1) is 0 Å². The molecule has 4 rings (SSSR count). The summed E-state index contributed by atoms with van der Waals surface area (Å²) in [6.07, 6.45) is 5.75. The Bertz CT molecular complexity index is 792. The minimum atomic E-state index is 0.788. The standard InChI is InChI=1S/C16H17N5/c17-14-4-3-12(16-13(14)2-1-5-19-16)10-20-8-9-21-7-6-18-15(21)11-20/h1-7H,8-11,17H2. The average Bonchev–Trinajstić information content (AvgIpc) is 2.98. The molecule has 21 heavy (non-hydrogen) atoms. The highest BCUT2D eigenvalue weighted by molar-refractivity contribution is 5.92. The second-order valence-corrected chi connectivity index (χ2v) is 5.46. The molecule has 2 aromatic heterocycles. The zero-order valence-corrected chi connectivity index (χ0v) is 11.7. The molecule has 1 aromatic carbocycles. The highest BCUT2D eigenvalue weighted by Gasteiger charge is 2.17. The van der Waals surface area contributed by atoms with Gasteiger partial charge in [-0.2, -0.15) is 0 Å². The Kier molecular flexibility index (Phi) is 2.86. The highest BCUT2D eigenvalue weighted by atomic mass is 15.2. The van der Waals surface area contributed by atoms with E-state index in [1.54, 1.807) is 0 Å². The Morgan fingerprint density at radius 3 is 3.00 bits per heavy atom. The van der Waals surface area contributed by atoms with Crippen molar-refractivity contribution in [1.29, 1.82) is 0 Å². The summed E-state index contributed by atoms with van der Waals surface area (Å²) < 4.78 is 2.22. The number of nitrogens with zero attached hydrogens (tertiary/aromatic N) is 4. The molecule has 1 aliphatic rings. The number of benzene rings is 1. The van der Waals surface area contributed by atoms with Crippen LogP contribution < -0.4 is 5.73 Å². The van der Waals surface area contributed by atoms with E-state index in [0.717, 1.165) is 48.6 Å². The van der Waals surface area contributed by atoms with Crippen molar-refractivity contribution < 1.29 is 0 Å². The number of hydrogen-bond acceptors (Lipinski definition) is 4. The lowest BCUT2D eigenvalue weighted by atomic mass is 10.1. The van der Waals surface area contributed by atoms with Crippen LogP contribution in [-0.4, -0.2) is 26.0 Å². The maximum absolute atomic E-state index is 6.04. The van der Waals surface area contributed by atoms with Gasteiger partial charge in [0.25, 0.3) is 0 Å². The number of imidazole rings is 1. The molecule has 0 amide bonds. The molecule has 0 unspecified atom stereocenters. The van der Waals surface area contributed by atoms with Crippen LogP contribution in [0.25, 0.3) is 10.9 Å². The van der Waals surface area contributed by atoms with Gasteiger partial charge in [-0.15, -0.1) is 0 Å². The summed E-state index contributed by atoms with van der Waals surface area (Å²) in [7, 11) is 0. The van der Waals surface area contributed by atoms with Crippen LogP contribution in [0.4, 0.5) is 5.69 Å². The first-order valence-corrected chi connectivity index (χ1v) is 7.16. The van der Waals surface area contributed by atoms with Gasteiger partial charge < -0.3 is 10.3 Å². The van der Waals surface area contributed by atoms with E-state index in [1.165, 1.54) is 5.56 Å². The third-order valence-electron chi connectivity index (χ3n) is 4.10. The van der Waals surface area contributed by atoms with Gasteiger partial charge in [-0.3, -0.25) is 9.88 Å². The van der Waals surface area contributed by atoms with Gasteiger partial charge in [0.15, 0.2) is 0 Å². The number of fused-ring (bicyclic) bond motifs is 2. The van der Waals surface area contributed by atoms with Crippen molar-refractivity contribution in [3.05, 3.63) is 54.2 Å². The zero-order valence-electron chi connectivity index (χ0n) is 11.7. The lowest BCUT2D eigenvalue weighted by molar-refractivity contribution is 0.209. The fraction of sp³-hybridized carbons (Fsp3) is 0.250. The molecule has 1 aliphatic heterocycles. The maximum atomic E-state index is 6.04. The minimum Gasteiger partial charge on any atom is -0.398 e. The summed E-state index contributed by atoms with van der Waals surface area (Å²) in [6, 6.07) is 8.03. The molecule has 0 fully saturated rings. The molecule has 0 spiro atoms. The summed E-state index contributed by atoms with van der Waals surface area (Å²) in [6.45, 7) is 3.78. The Hall–Kier alpha value is -2.40. The van der Waals surface area contributed by atoms with Crippen LogP contribution in [0.1, 0.15) is 11.4 Å². The molecule has 5 heteroatoms. The second-order valence-electron chi connectivity index (χ2n) is 5.46. The predicted octanol–water partition coefficient (Wildman–Crippen LogP) is 2.03. The normalized spacial score (nSPS) is 15.2. The summed E-state index contributed by atoms with van der Waals surface area (Å²) in [4.78, 5) is 11.3. The van der Waals surface area contributed by atoms with Crippen molar-refractivity contribution in [3.8, 4) is 0 Å². The van der Waals surface area contributed by atoms with E-state index in [-0.39, 0.29) is 0 Å². The van der Waals surface area contributed by atoms with Crippen molar-refractivity contribution >= 4 is 16.6 Å². The van der Waals surface area contributed by atoms with Gasteiger partial charge in [0, 0.05) is 49.3 Å². The number of aromatic nitrogens is 3. The molecule has 0 radical (unpaired) electrons. The van der Waals surface area contributed by atoms with E-state index in [4.69, 9.17) is 5.73 Å². The molecular weight excluding hydrogens is 262 g/mol. The molecule has 0 saturated heterocycles. The monoisotopic (exact) mass is 279 g/mol. The minimum absolute atomic E-state index is 0.788. The quantitative estimate of drug-likeness (QED) is 0.729. The first kappa shape index (κ1) is 12.3. The molecule has 0 aliphatic carbocycles. The number of nitrogen functional groups attached to an aromatic ring is 1. The highest BCUT2D eigenvalue weighted by Crippen LogP contribution is 2.24. The molecule has 0 saturated carbocycles. The molecule has 106 valence electrons. The SMILES string of the molecule is Nc1ccc(CN2CCn3ccnc3C2)c2ncccc12. The van der Waals surface area contributed by atoms with E-state index in [0.29, 0.717) is 0 Å². The third-order valence-corrected chi connectivity index (χ3v) is 4.10. The van der Waals surface area contributed by atoms with E-state index >= 15 is 0 Å². The van der Waals surface area contributed by atoms with E-state index in [9.17, 15) is 0 Å². The summed E-state index contributed by atoms with van der Waals surface area (Å²) in [5.41, 5.74) is 9.06. The predicted molar refractivity (Wildman–Crippen MR) is 82.5 cm³/mol. The molecule has 3 aromatic rings. The van der Waals surface area contributed by atoms with Crippen LogP contribution in [0.3, 0.4) is 0 Å². The van der Waals surface area contributed by atoms with Gasteiger partial charge in [0.05, 0.1) is 12.1 Å². The van der Waals surface area contributed by atoms with E-state index in [2.05, 4.69) is 25.5 Å². The number of nitrogens with two attached hydrogens (primary N) is 1. The molecule has 5 nitrogen and oxygen atoms in total. The fourth-order valence-corrected chi connectivity index (χ4v) is 2.98.